The van der Waals surface area contributed by atoms with Crippen LogP contribution in [0.1, 0.15) is 55.3 Å². The quantitative estimate of drug-likeness (QED) is 0.311. The van der Waals surface area contributed by atoms with Crippen molar-refractivity contribution in [2.75, 3.05) is 25.6 Å². The minimum Gasteiger partial charge on any atom is -0.463 e. The highest BCUT2D eigenvalue weighted by atomic mass is 32.1. The molecular formula is C21H29N3O5S. The molecule has 0 unspecified atom stereocenters. The standard InChI is InChI=1S/C21H29N3O5S/c1-28-13-14-29-19(26)12-11-18(25)24-21(30)23-17-10-6-5-9-16(17)20(27)22-15-7-3-2-4-8-15/h5-6,9-10,15H,2-4,7-8,11-14H2,1H3,(H,22,27)(H2,23,24,25,30). The van der Waals surface area contributed by atoms with Crippen LogP contribution in [0.25, 0.3) is 0 Å². The largest absolute Gasteiger partial charge is 0.463 e. The van der Waals surface area contributed by atoms with Gasteiger partial charge in [0.1, 0.15) is 6.61 Å². The van der Waals surface area contributed by atoms with Gasteiger partial charge in [-0.15, -0.1) is 0 Å². The third-order valence-corrected chi connectivity index (χ3v) is 4.92. The number of methoxy groups -OCH3 is 1. The first-order valence-corrected chi connectivity index (χ1v) is 10.6. The van der Waals surface area contributed by atoms with E-state index in [1.165, 1.54) is 13.5 Å². The lowest BCUT2D eigenvalue weighted by Crippen LogP contribution is -2.37. The Morgan fingerprint density at radius 2 is 1.80 bits per heavy atom. The molecule has 164 valence electrons. The fraction of sp³-hybridized carbons (Fsp3) is 0.524. The number of amides is 2. The van der Waals surface area contributed by atoms with E-state index < -0.39 is 11.9 Å². The van der Waals surface area contributed by atoms with Gasteiger partial charge in [0.15, 0.2) is 5.11 Å². The smallest absolute Gasteiger partial charge is 0.306 e. The number of benzene rings is 1. The summed E-state index contributed by atoms with van der Waals surface area (Å²) in [6.45, 7) is 0.455. The van der Waals surface area contributed by atoms with E-state index in [4.69, 9.17) is 21.7 Å². The second kappa shape index (κ2) is 12.9. The Labute approximate surface area is 182 Å². The fourth-order valence-electron chi connectivity index (χ4n) is 3.17. The Balaban J connectivity index is 1.82. The molecule has 0 bridgehead atoms. The third-order valence-electron chi connectivity index (χ3n) is 4.72. The summed E-state index contributed by atoms with van der Waals surface area (Å²) >= 11 is 5.18. The zero-order chi connectivity index (χ0) is 21.8. The van der Waals surface area contributed by atoms with E-state index in [9.17, 15) is 14.4 Å². The van der Waals surface area contributed by atoms with Gasteiger partial charge in [-0.25, -0.2) is 0 Å². The first-order chi connectivity index (χ1) is 14.5. The van der Waals surface area contributed by atoms with E-state index in [-0.39, 0.29) is 36.5 Å². The van der Waals surface area contributed by atoms with Gasteiger partial charge in [-0.2, -0.15) is 0 Å². The molecular weight excluding hydrogens is 406 g/mol. The number of ether oxygens (including phenoxy) is 2. The molecule has 0 atom stereocenters. The summed E-state index contributed by atoms with van der Waals surface area (Å²) in [4.78, 5) is 36.2. The second-order valence-electron chi connectivity index (χ2n) is 7.07. The van der Waals surface area contributed by atoms with Crippen molar-refractivity contribution in [3.8, 4) is 0 Å². The Kier molecular flexibility index (Phi) is 10.2. The molecule has 1 aliphatic carbocycles. The third kappa shape index (κ3) is 8.46. The average Bonchev–Trinajstić information content (AvgIpc) is 2.73. The highest BCUT2D eigenvalue weighted by Crippen LogP contribution is 2.20. The topological polar surface area (TPSA) is 106 Å². The summed E-state index contributed by atoms with van der Waals surface area (Å²) in [6, 6.07) is 7.18. The number of nitrogens with one attached hydrogen (secondary N) is 3. The molecule has 0 aromatic heterocycles. The lowest BCUT2D eigenvalue weighted by molar-refractivity contribution is -0.146. The number of hydrogen-bond donors (Lipinski definition) is 3. The summed E-state index contributed by atoms with van der Waals surface area (Å²) < 4.78 is 9.69. The molecule has 1 aromatic carbocycles. The van der Waals surface area contributed by atoms with Crippen molar-refractivity contribution in [1.82, 2.24) is 10.6 Å². The van der Waals surface area contributed by atoms with Crippen LogP contribution in [0.15, 0.2) is 24.3 Å². The molecule has 2 rings (SSSR count). The van der Waals surface area contributed by atoms with E-state index in [0.717, 1.165) is 25.7 Å². The summed E-state index contributed by atoms with van der Waals surface area (Å²) in [5.41, 5.74) is 0.969. The lowest BCUT2D eigenvalue weighted by atomic mass is 9.95. The van der Waals surface area contributed by atoms with Crippen LogP contribution in [0.4, 0.5) is 5.69 Å². The molecule has 2 amide bonds. The molecule has 9 heteroatoms. The zero-order valence-electron chi connectivity index (χ0n) is 17.2. The number of esters is 1. The zero-order valence-corrected chi connectivity index (χ0v) is 18.0. The Hall–Kier alpha value is -2.52. The van der Waals surface area contributed by atoms with Crippen LogP contribution in [0.5, 0.6) is 0 Å². The summed E-state index contributed by atoms with van der Waals surface area (Å²) in [6.07, 6.45) is 5.33. The van der Waals surface area contributed by atoms with E-state index in [1.807, 2.05) is 0 Å². The molecule has 3 N–H and O–H groups in total. The van der Waals surface area contributed by atoms with Gasteiger partial charge < -0.3 is 25.4 Å². The van der Waals surface area contributed by atoms with Crippen molar-refractivity contribution >= 4 is 40.8 Å². The van der Waals surface area contributed by atoms with Gasteiger partial charge in [-0.1, -0.05) is 31.4 Å². The highest BCUT2D eigenvalue weighted by molar-refractivity contribution is 7.80. The molecule has 0 spiro atoms. The van der Waals surface area contributed by atoms with Gasteiger partial charge in [-0.05, 0) is 37.2 Å². The molecule has 1 fully saturated rings. The van der Waals surface area contributed by atoms with Crippen molar-refractivity contribution in [3.05, 3.63) is 29.8 Å². The number of hydrogen-bond acceptors (Lipinski definition) is 6. The maximum atomic E-state index is 12.7. The molecule has 1 aromatic rings. The summed E-state index contributed by atoms with van der Waals surface area (Å²) in [5.74, 6) is -1.07. The predicted molar refractivity (Wildman–Crippen MR) is 117 cm³/mol. The SMILES string of the molecule is COCCOC(=O)CCC(=O)NC(=S)Nc1ccccc1C(=O)NC1CCCCC1. The maximum absolute atomic E-state index is 12.7. The number of rotatable bonds is 9. The van der Waals surface area contributed by atoms with E-state index in [1.54, 1.807) is 24.3 Å². The molecule has 0 aliphatic heterocycles. The van der Waals surface area contributed by atoms with Gasteiger partial charge in [0.2, 0.25) is 5.91 Å². The van der Waals surface area contributed by atoms with Gasteiger partial charge in [0.25, 0.3) is 5.91 Å². The number of para-hydroxylation sites is 1. The number of anilines is 1. The van der Waals surface area contributed by atoms with Crippen molar-refractivity contribution < 1.29 is 23.9 Å². The number of carbonyl (C=O) groups is 3. The Morgan fingerprint density at radius 3 is 2.53 bits per heavy atom. The van der Waals surface area contributed by atoms with Crippen LogP contribution in [-0.2, 0) is 19.1 Å². The molecule has 0 radical (unpaired) electrons. The van der Waals surface area contributed by atoms with E-state index in [0.29, 0.717) is 17.9 Å². The first-order valence-electron chi connectivity index (χ1n) is 10.1. The summed E-state index contributed by atoms with van der Waals surface area (Å²) in [5, 5.41) is 8.55. The number of thiocarbonyl (C=S) groups is 1. The minimum absolute atomic E-state index is 0.0570. The van der Waals surface area contributed by atoms with Crippen LogP contribution in [0.2, 0.25) is 0 Å². The summed E-state index contributed by atoms with van der Waals surface area (Å²) in [7, 11) is 1.51. The van der Waals surface area contributed by atoms with E-state index >= 15 is 0 Å². The van der Waals surface area contributed by atoms with Gasteiger partial charge >= 0.3 is 5.97 Å². The molecule has 1 aliphatic rings. The lowest BCUT2D eigenvalue weighted by Gasteiger charge is -2.23. The van der Waals surface area contributed by atoms with Crippen LogP contribution >= 0.6 is 12.2 Å². The number of carbonyl (C=O) groups excluding carboxylic acids is 3. The predicted octanol–water partition coefficient (Wildman–Crippen LogP) is 2.53. The minimum atomic E-state index is -0.481. The second-order valence-corrected chi connectivity index (χ2v) is 7.48. The van der Waals surface area contributed by atoms with Crippen LogP contribution in [0, 0.1) is 0 Å². The van der Waals surface area contributed by atoms with Crippen LogP contribution < -0.4 is 16.0 Å². The highest BCUT2D eigenvalue weighted by Gasteiger charge is 2.19. The van der Waals surface area contributed by atoms with E-state index in [2.05, 4.69) is 16.0 Å². The Morgan fingerprint density at radius 1 is 1.07 bits per heavy atom. The molecule has 30 heavy (non-hydrogen) atoms. The van der Waals surface area contributed by atoms with Crippen molar-refractivity contribution in [1.29, 1.82) is 0 Å². The first kappa shape index (κ1) is 23.8. The molecule has 8 nitrogen and oxygen atoms in total. The maximum Gasteiger partial charge on any atom is 0.306 e. The Bertz CT molecular complexity index is 750. The van der Waals surface area contributed by atoms with Crippen molar-refractivity contribution in [2.24, 2.45) is 0 Å². The molecule has 1 saturated carbocycles. The molecule has 0 saturated heterocycles. The van der Waals surface area contributed by atoms with Crippen molar-refractivity contribution in [2.45, 2.75) is 51.0 Å². The van der Waals surface area contributed by atoms with Gasteiger partial charge in [-0.3, -0.25) is 14.4 Å². The van der Waals surface area contributed by atoms with Crippen LogP contribution in [0.3, 0.4) is 0 Å². The monoisotopic (exact) mass is 435 g/mol. The van der Waals surface area contributed by atoms with Crippen molar-refractivity contribution in [3.63, 3.8) is 0 Å². The fourth-order valence-corrected chi connectivity index (χ4v) is 3.39. The average molecular weight is 436 g/mol. The van der Waals surface area contributed by atoms with Gasteiger partial charge in [0.05, 0.1) is 24.3 Å². The van der Waals surface area contributed by atoms with Crippen LogP contribution in [-0.4, -0.2) is 49.3 Å². The molecule has 0 heterocycles. The normalized spacial score (nSPS) is 13.9. The van der Waals surface area contributed by atoms with Gasteiger partial charge in [0, 0.05) is 19.6 Å².